The summed E-state index contributed by atoms with van der Waals surface area (Å²) in [6.45, 7) is 1.10. The highest BCUT2D eigenvalue weighted by molar-refractivity contribution is 6.31. The van der Waals surface area contributed by atoms with Gasteiger partial charge in [-0.15, -0.1) is 0 Å². The maximum Gasteiger partial charge on any atom is 0.352 e. The molecule has 0 bridgehead atoms. The van der Waals surface area contributed by atoms with Gasteiger partial charge in [-0.3, -0.25) is 0 Å². The summed E-state index contributed by atoms with van der Waals surface area (Å²) >= 11 is 6.26. The number of aromatic nitrogens is 1. The smallest absolute Gasteiger partial charge is 0.352 e. The predicted molar refractivity (Wildman–Crippen MR) is 141 cm³/mol. The lowest BCUT2D eigenvalue weighted by atomic mass is 10.1. The number of nitrogens with one attached hydrogen (secondary N) is 1. The zero-order valence-electron chi connectivity index (χ0n) is 20.8. The van der Waals surface area contributed by atoms with E-state index in [2.05, 4.69) is 5.32 Å². The van der Waals surface area contributed by atoms with Crippen LogP contribution in [-0.2, 0) is 19.5 Å². The Balaban J connectivity index is 1.60. The molecule has 4 rings (SSSR count). The third-order valence-corrected chi connectivity index (χ3v) is 6.63. The summed E-state index contributed by atoms with van der Waals surface area (Å²) < 4.78 is 31.6. The number of carboxylic acids is 1. The molecule has 0 fully saturated rings. The minimum absolute atomic E-state index is 0.165. The highest BCUT2D eigenvalue weighted by atomic mass is 35.5. The number of rotatable bonds is 11. The zero-order valence-corrected chi connectivity index (χ0v) is 21.6. The van der Waals surface area contributed by atoms with Gasteiger partial charge in [0, 0.05) is 34.6 Å². The Morgan fingerprint density at radius 2 is 1.73 bits per heavy atom. The largest absolute Gasteiger partial charge is 0.493 e. The van der Waals surface area contributed by atoms with Gasteiger partial charge >= 0.3 is 5.97 Å². The fourth-order valence-corrected chi connectivity index (χ4v) is 4.81. The fraction of sp³-hybridized carbons (Fsp3) is 0.250. The molecular weight excluding hydrogens is 499 g/mol. The Labute approximate surface area is 219 Å². The van der Waals surface area contributed by atoms with Crippen LogP contribution in [0.4, 0.5) is 4.39 Å². The molecule has 0 aliphatic rings. The SMILES string of the molecule is COc1ccc(CCNCc2c(C(=O)O)n(Cc3ccc(F)cc3Cl)c3ccccc23)c(OC)c1OC. The lowest BCUT2D eigenvalue weighted by Gasteiger charge is -2.16. The normalized spacial score (nSPS) is 11.1. The van der Waals surface area contributed by atoms with Gasteiger partial charge in [0.2, 0.25) is 5.75 Å². The molecule has 0 saturated heterocycles. The van der Waals surface area contributed by atoms with E-state index in [-0.39, 0.29) is 17.3 Å². The topological polar surface area (TPSA) is 82.0 Å². The number of para-hydroxylation sites is 1. The van der Waals surface area contributed by atoms with E-state index in [9.17, 15) is 14.3 Å². The number of hydrogen-bond donors (Lipinski definition) is 2. The molecular formula is C28H28ClFN2O5. The van der Waals surface area contributed by atoms with Crippen molar-refractivity contribution < 1.29 is 28.5 Å². The third-order valence-electron chi connectivity index (χ3n) is 6.28. The van der Waals surface area contributed by atoms with E-state index in [1.54, 1.807) is 32.0 Å². The van der Waals surface area contributed by atoms with Gasteiger partial charge in [-0.2, -0.15) is 0 Å². The van der Waals surface area contributed by atoms with E-state index in [1.807, 2.05) is 36.4 Å². The lowest BCUT2D eigenvalue weighted by Crippen LogP contribution is -2.20. The van der Waals surface area contributed by atoms with E-state index in [1.165, 1.54) is 12.1 Å². The predicted octanol–water partition coefficient (Wildman–Crippen LogP) is 5.54. The van der Waals surface area contributed by atoms with Gasteiger partial charge in [0.25, 0.3) is 0 Å². The van der Waals surface area contributed by atoms with E-state index in [4.69, 9.17) is 25.8 Å². The van der Waals surface area contributed by atoms with Gasteiger partial charge in [0.05, 0.1) is 21.3 Å². The molecule has 1 aromatic heterocycles. The van der Waals surface area contributed by atoms with Crippen molar-refractivity contribution in [2.45, 2.75) is 19.5 Å². The standard InChI is InChI=1S/C28H28ClFN2O5/c1-35-24-11-9-17(26(36-2)27(24)37-3)12-13-31-15-21-20-6-4-5-7-23(20)32(25(21)28(33)34)16-18-8-10-19(30)14-22(18)29/h4-11,14,31H,12-13,15-16H2,1-3H3,(H,33,34). The third kappa shape index (κ3) is 5.35. The molecule has 0 unspecified atom stereocenters. The molecule has 0 atom stereocenters. The molecule has 194 valence electrons. The molecule has 7 nitrogen and oxygen atoms in total. The Morgan fingerprint density at radius 3 is 2.41 bits per heavy atom. The molecule has 0 aliphatic carbocycles. The molecule has 2 N–H and O–H groups in total. The van der Waals surface area contributed by atoms with E-state index < -0.39 is 11.8 Å². The summed E-state index contributed by atoms with van der Waals surface area (Å²) in [7, 11) is 4.71. The number of carbonyl (C=O) groups is 1. The van der Waals surface area contributed by atoms with Crippen molar-refractivity contribution in [1.82, 2.24) is 9.88 Å². The van der Waals surface area contributed by atoms with Gasteiger partial charge in [0.15, 0.2) is 11.5 Å². The van der Waals surface area contributed by atoms with Gasteiger partial charge in [-0.05, 0) is 48.4 Å². The van der Waals surface area contributed by atoms with Crippen LogP contribution in [0.25, 0.3) is 10.9 Å². The molecule has 0 amide bonds. The average molecular weight is 527 g/mol. The van der Waals surface area contributed by atoms with Crippen LogP contribution in [0.2, 0.25) is 5.02 Å². The molecule has 0 aliphatic heterocycles. The van der Waals surface area contributed by atoms with Crippen molar-refractivity contribution in [3.05, 3.63) is 87.8 Å². The highest BCUT2D eigenvalue weighted by Crippen LogP contribution is 2.39. The second kappa shape index (κ2) is 11.5. The van der Waals surface area contributed by atoms with E-state index in [0.717, 1.165) is 16.5 Å². The number of halogens is 2. The van der Waals surface area contributed by atoms with Crippen LogP contribution < -0.4 is 19.5 Å². The van der Waals surface area contributed by atoms with Crippen LogP contribution >= 0.6 is 11.6 Å². The average Bonchev–Trinajstić information content (AvgIpc) is 3.21. The first-order valence-corrected chi connectivity index (χ1v) is 12.0. The summed E-state index contributed by atoms with van der Waals surface area (Å²) in [4.78, 5) is 12.4. The van der Waals surface area contributed by atoms with Crippen LogP contribution in [-0.4, -0.2) is 43.5 Å². The first kappa shape index (κ1) is 26.3. The number of ether oxygens (including phenoxy) is 3. The van der Waals surface area contributed by atoms with Crippen LogP contribution in [0.5, 0.6) is 17.2 Å². The monoisotopic (exact) mass is 526 g/mol. The van der Waals surface area contributed by atoms with E-state index >= 15 is 0 Å². The number of hydrogen-bond acceptors (Lipinski definition) is 5. The number of benzene rings is 3. The lowest BCUT2D eigenvalue weighted by molar-refractivity contribution is 0.0684. The molecule has 0 spiro atoms. The molecule has 1 heterocycles. The van der Waals surface area contributed by atoms with Crippen molar-refractivity contribution in [1.29, 1.82) is 0 Å². The van der Waals surface area contributed by atoms with Crippen LogP contribution in [0, 0.1) is 5.82 Å². The molecule has 3 aromatic carbocycles. The van der Waals surface area contributed by atoms with Crippen molar-refractivity contribution in [2.24, 2.45) is 0 Å². The van der Waals surface area contributed by atoms with Gasteiger partial charge in [-0.25, -0.2) is 9.18 Å². The van der Waals surface area contributed by atoms with Crippen molar-refractivity contribution >= 4 is 28.5 Å². The van der Waals surface area contributed by atoms with Crippen LogP contribution in [0.3, 0.4) is 0 Å². The highest BCUT2D eigenvalue weighted by Gasteiger charge is 2.23. The Hall–Kier alpha value is -3.75. The zero-order chi connectivity index (χ0) is 26.5. The molecule has 4 aromatic rings. The first-order valence-electron chi connectivity index (χ1n) is 11.7. The Bertz CT molecular complexity index is 1440. The van der Waals surface area contributed by atoms with E-state index in [0.29, 0.717) is 47.9 Å². The summed E-state index contributed by atoms with van der Waals surface area (Å²) in [5.74, 6) is 0.213. The molecule has 37 heavy (non-hydrogen) atoms. The summed E-state index contributed by atoms with van der Waals surface area (Å²) in [5, 5.41) is 14.6. The molecule has 0 radical (unpaired) electrons. The fourth-order valence-electron chi connectivity index (χ4n) is 4.58. The number of methoxy groups -OCH3 is 3. The number of fused-ring (bicyclic) bond motifs is 1. The Kier molecular flexibility index (Phi) is 8.21. The molecule has 0 saturated carbocycles. The Morgan fingerprint density at radius 1 is 1.00 bits per heavy atom. The quantitative estimate of drug-likeness (QED) is 0.250. The maximum absolute atomic E-state index is 13.6. The van der Waals surface area contributed by atoms with Gasteiger partial charge in [0.1, 0.15) is 11.5 Å². The van der Waals surface area contributed by atoms with Crippen LogP contribution in [0.15, 0.2) is 54.6 Å². The summed E-state index contributed by atoms with van der Waals surface area (Å²) in [6, 6.07) is 15.4. The second-order valence-electron chi connectivity index (χ2n) is 8.39. The van der Waals surface area contributed by atoms with Gasteiger partial charge in [-0.1, -0.05) is 41.9 Å². The summed E-state index contributed by atoms with van der Waals surface area (Å²) in [5.41, 5.74) is 3.16. The second-order valence-corrected chi connectivity index (χ2v) is 8.80. The van der Waals surface area contributed by atoms with Gasteiger partial charge < -0.3 is 29.2 Å². The molecule has 9 heteroatoms. The first-order chi connectivity index (χ1) is 17.9. The van der Waals surface area contributed by atoms with Crippen molar-refractivity contribution in [3.63, 3.8) is 0 Å². The van der Waals surface area contributed by atoms with Crippen molar-refractivity contribution in [2.75, 3.05) is 27.9 Å². The maximum atomic E-state index is 13.6. The minimum Gasteiger partial charge on any atom is -0.493 e. The minimum atomic E-state index is -1.05. The van der Waals surface area contributed by atoms with Crippen molar-refractivity contribution in [3.8, 4) is 17.2 Å². The number of aromatic carboxylic acids is 1. The summed E-state index contributed by atoms with van der Waals surface area (Å²) in [6.07, 6.45) is 0.621. The number of nitrogens with zero attached hydrogens (tertiary/aromatic N) is 1. The van der Waals surface area contributed by atoms with Crippen LogP contribution in [0.1, 0.15) is 27.2 Å². The number of carboxylic acid groups (broad SMARTS) is 1.